The molecule has 2 fully saturated rings. The number of rotatable bonds is 5. The van der Waals surface area contributed by atoms with Gasteiger partial charge in [-0.05, 0) is 36.1 Å². The van der Waals surface area contributed by atoms with Gasteiger partial charge in [-0.3, -0.25) is 9.59 Å². The highest BCUT2D eigenvalue weighted by Crippen LogP contribution is 2.42. The molecular formula is C16H20N2O4S. The highest BCUT2D eigenvalue weighted by atomic mass is 32.1. The largest absolute Gasteiger partial charge is 0.480 e. The Morgan fingerprint density at radius 2 is 2.17 bits per heavy atom. The van der Waals surface area contributed by atoms with E-state index in [1.54, 1.807) is 11.4 Å². The molecule has 0 aromatic carbocycles. The van der Waals surface area contributed by atoms with Crippen LogP contribution in [0.4, 0.5) is 0 Å². The summed E-state index contributed by atoms with van der Waals surface area (Å²) in [7, 11) is 0. The minimum Gasteiger partial charge on any atom is -0.480 e. The topological polar surface area (TPSA) is 86.7 Å². The van der Waals surface area contributed by atoms with E-state index >= 15 is 0 Å². The summed E-state index contributed by atoms with van der Waals surface area (Å²) < 4.78 is 0. The lowest BCUT2D eigenvalue weighted by Gasteiger charge is -2.24. The average Bonchev–Trinajstić information content (AvgIpc) is 3.22. The van der Waals surface area contributed by atoms with E-state index in [0.29, 0.717) is 18.0 Å². The van der Waals surface area contributed by atoms with Gasteiger partial charge in [0.25, 0.3) is 5.91 Å². The second-order valence-corrected chi connectivity index (χ2v) is 6.98. The minimum atomic E-state index is -0.907. The third-order valence-electron chi connectivity index (χ3n) is 4.87. The molecule has 23 heavy (non-hydrogen) atoms. The third-order valence-corrected chi connectivity index (χ3v) is 5.55. The SMILES string of the molecule is O=C(NCCC(=O)N1CC2CCCC2C1C(=O)O)c1ccsc1. The summed E-state index contributed by atoms with van der Waals surface area (Å²) in [5, 5.41) is 15.7. The van der Waals surface area contributed by atoms with Gasteiger partial charge < -0.3 is 15.3 Å². The van der Waals surface area contributed by atoms with Crippen molar-refractivity contribution >= 4 is 29.1 Å². The van der Waals surface area contributed by atoms with Gasteiger partial charge in [-0.2, -0.15) is 11.3 Å². The minimum absolute atomic E-state index is 0.0943. The zero-order chi connectivity index (χ0) is 16.4. The summed E-state index contributed by atoms with van der Waals surface area (Å²) >= 11 is 1.44. The first-order valence-electron chi connectivity index (χ1n) is 7.90. The van der Waals surface area contributed by atoms with Gasteiger partial charge in [-0.25, -0.2) is 4.79 Å². The molecule has 3 rings (SSSR count). The van der Waals surface area contributed by atoms with Crippen LogP contribution in [0.15, 0.2) is 16.8 Å². The molecule has 6 nitrogen and oxygen atoms in total. The van der Waals surface area contributed by atoms with Gasteiger partial charge in [0, 0.05) is 30.5 Å². The number of carboxylic acids is 1. The van der Waals surface area contributed by atoms with E-state index in [0.717, 1.165) is 19.3 Å². The Labute approximate surface area is 138 Å². The van der Waals surface area contributed by atoms with Gasteiger partial charge in [0.15, 0.2) is 0 Å². The Balaban J connectivity index is 1.53. The first-order valence-corrected chi connectivity index (χ1v) is 8.85. The first kappa shape index (κ1) is 16.0. The molecule has 2 amide bonds. The molecule has 2 heterocycles. The number of thiophene rings is 1. The number of nitrogens with one attached hydrogen (secondary N) is 1. The number of hydrogen-bond acceptors (Lipinski definition) is 4. The summed E-state index contributed by atoms with van der Waals surface area (Å²) in [6.45, 7) is 0.768. The fraction of sp³-hybridized carbons (Fsp3) is 0.562. The predicted molar refractivity (Wildman–Crippen MR) is 85.2 cm³/mol. The molecule has 1 aromatic rings. The number of carbonyl (C=O) groups is 3. The predicted octanol–water partition coefficient (Wildman–Crippen LogP) is 1.58. The number of carboxylic acid groups (broad SMARTS) is 1. The molecule has 3 unspecified atom stereocenters. The molecule has 0 bridgehead atoms. The van der Waals surface area contributed by atoms with Crippen molar-refractivity contribution in [3.8, 4) is 0 Å². The van der Waals surface area contributed by atoms with E-state index in [9.17, 15) is 19.5 Å². The highest BCUT2D eigenvalue weighted by Gasteiger charge is 2.49. The normalized spacial score (nSPS) is 26.1. The molecule has 1 saturated carbocycles. The number of aliphatic carboxylic acids is 1. The van der Waals surface area contributed by atoms with Crippen LogP contribution < -0.4 is 5.32 Å². The first-order chi connectivity index (χ1) is 11.1. The van der Waals surface area contributed by atoms with Crippen LogP contribution in [0.2, 0.25) is 0 Å². The molecule has 1 aliphatic heterocycles. The maximum Gasteiger partial charge on any atom is 0.326 e. The highest BCUT2D eigenvalue weighted by molar-refractivity contribution is 7.08. The Kier molecular flexibility index (Phi) is 4.66. The molecule has 1 aromatic heterocycles. The van der Waals surface area contributed by atoms with E-state index in [1.807, 2.05) is 5.38 Å². The number of fused-ring (bicyclic) bond motifs is 1. The van der Waals surface area contributed by atoms with Crippen LogP contribution in [0.5, 0.6) is 0 Å². The van der Waals surface area contributed by atoms with Gasteiger partial charge in [-0.15, -0.1) is 0 Å². The van der Waals surface area contributed by atoms with Gasteiger partial charge in [0.05, 0.1) is 0 Å². The Morgan fingerprint density at radius 1 is 1.35 bits per heavy atom. The van der Waals surface area contributed by atoms with Crippen molar-refractivity contribution < 1.29 is 19.5 Å². The Morgan fingerprint density at radius 3 is 2.87 bits per heavy atom. The van der Waals surface area contributed by atoms with Crippen LogP contribution >= 0.6 is 11.3 Å². The van der Waals surface area contributed by atoms with Crippen molar-refractivity contribution in [3.05, 3.63) is 22.4 Å². The van der Waals surface area contributed by atoms with Crippen molar-refractivity contribution in [2.24, 2.45) is 11.8 Å². The third kappa shape index (κ3) is 3.24. The van der Waals surface area contributed by atoms with Gasteiger partial charge >= 0.3 is 5.97 Å². The van der Waals surface area contributed by atoms with Gasteiger partial charge in [0.2, 0.25) is 5.91 Å². The number of hydrogen-bond donors (Lipinski definition) is 2. The van der Waals surface area contributed by atoms with Crippen LogP contribution in [-0.2, 0) is 9.59 Å². The molecular weight excluding hydrogens is 316 g/mol. The summed E-state index contributed by atoms with van der Waals surface area (Å²) in [5.74, 6) is -0.878. The molecule has 2 aliphatic rings. The summed E-state index contributed by atoms with van der Waals surface area (Å²) in [6, 6.07) is 1.03. The average molecular weight is 336 g/mol. The monoisotopic (exact) mass is 336 g/mol. The van der Waals surface area contributed by atoms with Crippen LogP contribution in [0.25, 0.3) is 0 Å². The molecule has 1 saturated heterocycles. The lowest BCUT2D eigenvalue weighted by Crippen LogP contribution is -2.44. The molecule has 124 valence electrons. The molecule has 0 spiro atoms. The fourth-order valence-electron chi connectivity index (χ4n) is 3.80. The molecule has 0 radical (unpaired) electrons. The molecule has 3 atom stereocenters. The van der Waals surface area contributed by atoms with Crippen molar-refractivity contribution in [2.45, 2.75) is 31.7 Å². The van der Waals surface area contributed by atoms with E-state index < -0.39 is 12.0 Å². The van der Waals surface area contributed by atoms with Crippen LogP contribution in [0.3, 0.4) is 0 Å². The van der Waals surface area contributed by atoms with Gasteiger partial charge in [-0.1, -0.05) is 6.42 Å². The van der Waals surface area contributed by atoms with Crippen molar-refractivity contribution in [1.29, 1.82) is 0 Å². The lowest BCUT2D eigenvalue weighted by atomic mass is 9.94. The quantitative estimate of drug-likeness (QED) is 0.855. The maximum atomic E-state index is 12.4. The number of nitrogens with zero attached hydrogens (tertiary/aromatic N) is 1. The number of carbonyl (C=O) groups excluding carboxylic acids is 2. The molecule has 7 heteroatoms. The second kappa shape index (κ2) is 6.70. The fourth-order valence-corrected chi connectivity index (χ4v) is 4.44. The van der Waals surface area contributed by atoms with Crippen LogP contribution in [0.1, 0.15) is 36.0 Å². The van der Waals surface area contributed by atoms with Crippen molar-refractivity contribution in [2.75, 3.05) is 13.1 Å². The Hall–Kier alpha value is -1.89. The van der Waals surface area contributed by atoms with E-state index in [1.165, 1.54) is 16.2 Å². The van der Waals surface area contributed by atoms with E-state index in [2.05, 4.69) is 5.32 Å². The standard InChI is InChI=1S/C16H20N2O4S/c19-13(4-6-17-15(20)11-5-7-23-9-11)18-8-10-2-1-3-12(10)14(18)16(21)22/h5,7,9-10,12,14H,1-4,6,8H2,(H,17,20)(H,21,22). The number of amides is 2. The smallest absolute Gasteiger partial charge is 0.326 e. The maximum absolute atomic E-state index is 12.4. The van der Waals surface area contributed by atoms with Crippen LogP contribution in [0, 0.1) is 11.8 Å². The lowest BCUT2D eigenvalue weighted by molar-refractivity contribution is -0.149. The second-order valence-electron chi connectivity index (χ2n) is 6.20. The van der Waals surface area contributed by atoms with Crippen molar-refractivity contribution in [3.63, 3.8) is 0 Å². The Bertz CT molecular complexity index is 601. The summed E-state index contributed by atoms with van der Waals surface area (Å²) in [6.07, 6.45) is 3.09. The van der Waals surface area contributed by atoms with E-state index in [4.69, 9.17) is 0 Å². The summed E-state index contributed by atoms with van der Waals surface area (Å²) in [4.78, 5) is 37.2. The summed E-state index contributed by atoms with van der Waals surface area (Å²) in [5.41, 5.74) is 0.585. The number of likely N-dealkylation sites (tertiary alicyclic amines) is 1. The van der Waals surface area contributed by atoms with Crippen molar-refractivity contribution in [1.82, 2.24) is 10.2 Å². The zero-order valence-electron chi connectivity index (χ0n) is 12.7. The zero-order valence-corrected chi connectivity index (χ0v) is 13.6. The van der Waals surface area contributed by atoms with Gasteiger partial charge in [0.1, 0.15) is 6.04 Å². The van der Waals surface area contributed by atoms with Crippen LogP contribution in [-0.4, -0.2) is 46.9 Å². The van der Waals surface area contributed by atoms with E-state index in [-0.39, 0.29) is 30.7 Å². The molecule has 2 N–H and O–H groups in total. The molecule has 1 aliphatic carbocycles.